The Morgan fingerprint density at radius 3 is 2.16 bits per heavy atom. The molecule has 0 saturated heterocycles. The highest BCUT2D eigenvalue weighted by atomic mass is 32.2. The van der Waals surface area contributed by atoms with Crippen LogP contribution in [0.3, 0.4) is 0 Å². The molecule has 0 bridgehead atoms. The lowest BCUT2D eigenvalue weighted by molar-refractivity contribution is 0.595. The molecule has 3 aromatic rings. The zero-order valence-corrected chi connectivity index (χ0v) is 14.3. The predicted molar refractivity (Wildman–Crippen MR) is 95.4 cm³/mol. The largest absolute Gasteiger partial charge is 0.223 e. The molecule has 3 aromatic carbocycles. The summed E-state index contributed by atoms with van der Waals surface area (Å²) < 4.78 is 25.4. The molecule has 25 heavy (non-hydrogen) atoms. The fourth-order valence-electron chi connectivity index (χ4n) is 2.81. The highest BCUT2D eigenvalue weighted by Gasteiger charge is 2.20. The third kappa shape index (κ3) is 3.10. The Kier molecular flexibility index (Phi) is 4.27. The van der Waals surface area contributed by atoms with Gasteiger partial charge in [-0.3, -0.25) is 0 Å². The molecule has 0 aliphatic heterocycles. The van der Waals surface area contributed by atoms with Crippen molar-refractivity contribution in [1.82, 2.24) is 0 Å². The summed E-state index contributed by atoms with van der Waals surface area (Å²) in [6, 6.07) is 19.3. The molecular weight excluding hydrogens is 332 g/mol. The molecule has 0 fully saturated rings. The average molecular weight is 346 g/mol. The van der Waals surface area contributed by atoms with Gasteiger partial charge >= 0.3 is 0 Å². The molecule has 0 aromatic heterocycles. The van der Waals surface area contributed by atoms with Crippen molar-refractivity contribution in [2.24, 2.45) is 0 Å². The number of nitrogens with zero attached hydrogens (tertiary/aromatic N) is 2. The topological polar surface area (TPSA) is 81.7 Å². The first-order chi connectivity index (χ1) is 12.0. The predicted octanol–water partition coefficient (Wildman–Crippen LogP) is 3.87. The highest BCUT2D eigenvalue weighted by molar-refractivity contribution is 7.90. The van der Waals surface area contributed by atoms with Crippen LogP contribution in [0.2, 0.25) is 0 Å². The number of hydrogen-bond donors (Lipinski definition) is 0. The quantitative estimate of drug-likeness (QED) is 0.721. The Morgan fingerprint density at radius 1 is 0.920 bits per heavy atom. The molecule has 0 unspecified atom stereocenters. The van der Waals surface area contributed by atoms with E-state index < -0.39 is 9.84 Å². The van der Waals surface area contributed by atoms with E-state index in [1.165, 1.54) is 6.07 Å². The van der Waals surface area contributed by atoms with Gasteiger partial charge in [0.25, 0.3) is 0 Å². The van der Waals surface area contributed by atoms with Gasteiger partial charge in [0.05, 0.1) is 27.8 Å². The fraction of sp³-hybridized carbons (Fsp3) is 0.100. The Labute approximate surface area is 146 Å². The third-order valence-corrected chi connectivity index (χ3v) is 5.77. The van der Waals surface area contributed by atoms with Crippen LogP contribution in [0.1, 0.15) is 22.3 Å². The van der Waals surface area contributed by atoms with Crippen LogP contribution in [0.15, 0.2) is 59.5 Å². The van der Waals surface area contributed by atoms with E-state index in [1.807, 2.05) is 6.92 Å². The van der Waals surface area contributed by atoms with Crippen molar-refractivity contribution in [2.75, 3.05) is 0 Å². The van der Waals surface area contributed by atoms with E-state index in [9.17, 15) is 18.9 Å². The van der Waals surface area contributed by atoms with Crippen LogP contribution in [-0.2, 0) is 15.6 Å². The molecule has 0 spiro atoms. The first-order valence-electron chi connectivity index (χ1n) is 7.60. The number of rotatable bonds is 3. The van der Waals surface area contributed by atoms with Gasteiger partial charge in [-0.15, -0.1) is 0 Å². The molecule has 0 atom stereocenters. The van der Waals surface area contributed by atoms with Crippen LogP contribution in [0.4, 0.5) is 0 Å². The van der Waals surface area contributed by atoms with Gasteiger partial charge in [-0.1, -0.05) is 42.0 Å². The number of hydrogen-bond acceptors (Lipinski definition) is 4. The van der Waals surface area contributed by atoms with E-state index in [2.05, 4.69) is 12.1 Å². The average Bonchev–Trinajstić information content (AvgIpc) is 2.61. The molecule has 0 aliphatic rings. The second-order valence-corrected chi connectivity index (χ2v) is 7.79. The van der Waals surface area contributed by atoms with Gasteiger partial charge in [0, 0.05) is 10.8 Å². The lowest BCUT2D eigenvalue weighted by Gasteiger charge is -2.10. The zero-order valence-electron chi connectivity index (χ0n) is 13.5. The van der Waals surface area contributed by atoms with E-state index in [4.69, 9.17) is 0 Å². The number of aryl methyl sites for hydroxylation is 1. The van der Waals surface area contributed by atoms with Gasteiger partial charge < -0.3 is 0 Å². The van der Waals surface area contributed by atoms with E-state index in [-0.39, 0.29) is 10.6 Å². The van der Waals surface area contributed by atoms with Crippen molar-refractivity contribution < 1.29 is 8.42 Å². The molecule has 3 rings (SSSR count). The minimum Gasteiger partial charge on any atom is -0.223 e. The normalized spacial score (nSPS) is 11.0. The molecule has 122 valence electrons. The first-order valence-corrected chi connectivity index (χ1v) is 9.26. The van der Waals surface area contributed by atoms with Crippen LogP contribution in [0.5, 0.6) is 0 Å². The number of nitriles is 2. The smallest absolute Gasteiger partial charge is 0.182 e. The third-order valence-electron chi connectivity index (χ3n) is 4.08. The zero-order chi connectivity index (χ0) is 18.0. The summed E-state index contributed by atoms with van der Waals surface area (Å²) in [7, 11) is -3.62. The maximum absolute atomic E-state index is 12.7. The molecular formula is C20H14N2O2S. The van der Waals surface area contributed by atoms with E-state index in [0.717, 1.165) is 5.56 Å². The number of sulfone groups is 1. The van der Waals surface area contributed by atoms with Gasteiger partial charge in [0.15, 0.2) is 9.84 Å². The Balaban J connectivity index is 2.18. The van der Waals surface area contributed by atoms with Gasteiger partial charge in [0.2, 0.25) is 0 Å². The molecule has 0 heterocycles. The first kappa shape index (κ1) is 16.7. The minimum atomic E-state index is -3.62. The molecule has 4 nitrogen and oxygen atoms in total. The van der Waals surface area contributed by atoms with Crippen molar-refractivity contribution in [2.45, 2.75) is 17.6 Å². The van der Waals surface area contributed by atoms with Gasteiger partial charge in [-0.25, -0.2) is 8.42 Å². The Bertz CT molecular complexity index is 1150. The summed E-state index contributed by atoms with van der Waals surface area (Å²) in [6.07, 6.45) is 0. The maximum Gasteiger partial charge on any atom is 0.182 e. The van der Waals surface area contributed by atoms with Crippen LogP contribution < -0.4 is 0 Å². The standard InChI is InChI=1S/C20H14N2O2S/c1-14-6-8-17(9-7-14)25(23,24)13-16-10-15(11-21)18-4-2-3-5-19(18)20(16)12-22/h2-10H,13H2,1H3. The van der Waals surface area contributed by atoms with Crippen LogP contribution in [-0.4, -0.2) is 8.42 Å². The van der Waals surface area contributed by atoms with E-state index >= 15 is 0 Å². The summed E-state index contributed by atoms with van der Waals surface area (Å²) in [6.45, 7) is 1.88. The second kappa shape index (κ2) is 6.39. The summed E-state index contributed by atoms with van der Waals surface area (Å²) in [5.74, 6) is -0.321. The fourth-order valence-corrected chi connectivity index (χ4v) is 4.16. The molecule has 5 heteroatoms. The summed E-state index contributed by atoms with van der Waals surface area (Å²) in [5, 5.41) is 20.2. The van der Waals surface area contributed by atoms with Gasteiger partial charge in [0.1, 0.15) is 6.07 Å². The van der Waals surface area contributed by atoms with Gasteiger partial charge in [-0.2, -0.15) is 10.5 Å². The SMILES string of the molecule is Cc1ccc(S(=O)(=O)Cc2cc(C#N)c3ccccc3c2C#N)cc1. The molecule has 0 N–H and O–H groups in total. The van der Waals surface area contributed by atoms with Crippen LogP contribution in [0.25, 0.3) is 10.8 Å². The maximum atomic E-state index is 12.7. The molecule has 0 saturated carbocycles. The molecule has 0 radical (unpaired) electrons. The van der Waals surface area contributed by atoms with E-state index in [0.29, 0.717) is 27.5 Å². The monoisotopic (exact) mass is 346 g/mol. The van der Waals surface area contributed by atoms with Crippen LogP contribution in [0, 0.1) is 29.6 Å². The van der Waals surface area contributed by atoms with Crippen molar-refractivity contribution >= 4 is 20.6 Å². The second-order valence-electron chi connectivity index (χ2n) is 5.80. The van der Waals surface area contributed by atoms with Gasteiger partial charge in [-0.05, 0) is 30.7 Å². The minimum absolute atomic E-state index is 0.202. The summed E-state index contributed by atoms with van der Waals surface area (Å²) in [4.78, 5) is 0.202. The Morgan fingerprint density at radius 2 is 1.56 bits per heavy atom. The lowest BCUT2D eigenvalue weighted by Crippen LogP contribution is -2.07. The van der Waals surface area contributed by atoms with Crippen molar-refractivity contribution in [3.05, 3.63) is 76.9 Å². The summed E-state index contributed by atoms with van der Waals surface area (Å²) in [5.41, 5.74) is 1.97. The highest BCUT2D eigenvalue weighted by Crippen LogP contribution is 2.28. The number of benzene rings is 3. The number of fused-ring (bicyclic) bond motifs is 1. The van der Waals surface area contributed by atoms with Crippen LogP contribution >= 0.6 is 0 Å². The lowest BCUT2D eigenvalue weighted by atomic mass is 9.96. The van der Waals surface area contributed by atoms with Crippen molar-refractivity contribution in [3.8, 4) is 12.1 Å². The Hall–Kier alpha value is -3.15. The molecule has 0 aliphatic carbocycles. The van der Waals surface area contributed by atoms with Crippen molar-refractivity contribution in [3.63, 3.8) is 0 Å². The molecule has 0 amide bonds. The van der Waals surface area contributed by atoms with Crippen molar-refractivity contribution in [1.29, 1.82) is 10.5 Å². The summed E-state index contributed by atoms with van der Waals surface area (Å²) >= 11 is 0. The van der Waals surface area contributed by atoms with E-state index in [1.54, 1.807) is 48.5 Å².